The molecule has 1 aromatic rings. The van der Waals surface area contributed by atoms with E-state index in [2.05, 4.69) is 0 Å². The van der Waals surface area contributed by atoms with Crippen molar-refractivity contribution in [3.05, 3.63) is 35.6 Å². The summed E-state index contributed by atoms with van der Waals surface area (Å²) in [6.07, 6.45) is -0.486. The van der Waals surface area contributed by atoms with E-state index >= 15 is 0 Å². The average Bonchev–Trinajstić information content (AvgIpc) is 2.58. The van der Waals surface area contributed by atoms with Crippen LogP contribution in [0.5, 0.6) is 0 Å². The van der Waals surface area contributed by atoms with Gasteiger partial charge in [0.05, 0.1) is 18.6 Å². The number of rotatable bonds is 2. The van der Waals surface area contributed by atoms with Crippen molar-refractivity contribution in [2.24, 2.45) is 0 Å². The molecule has 0 bridgehead atoms. The summed E-state index contributed by atoms with van der Waals surface area (Å²) in [5.74, 6) is -0.438. The summed E-state index contributed by atoms with van der Waals surface area (Å²) < 4.78 is 13.5. The summed E-state index contributed by atoms with van der Waals surface area (Å²) in [6, 6.07) is 6.07. The van der Waals surface area contributed by atoms with Gasteiger partial charge in [-0.2, -0.15) is 0 Å². The average molecular weight is 223 g/mol. The molecule has 1 N–H and O–H groups in total. The van der Waals surface area contributed by atoms with Gasteiger partial charge in [-0.05, 0) is 13.0 Å². The van der Waals surface area contributed by atoms with Crippen LogP contribution in [-0.2, 0) is 4.79 Å². The molecule has 0 saturated carbocycles. The van der Waals surface area contributed by atoms with Gasteiger partial charge < -0.3 is 10.0 Å². The van der Waals surface area contributed by atoms with Gasteiger partial charge in [0.1, 0.15) is 5.82 Å². The van der Waals surface area contributed by atoms with Crippen LogP contribution in [0.2, 0.25) is 0 Å². The number of nitrogens with zero attached hydrogens (tertiary/aromatic N) is 1. The molecule has 1 amide bonds. The van der Waals surface area contributed by atoms with Gasteiger partial charge in [0.15, 0.2) is 0 Å². The van der Waals surface area contributed by atoms with E-state index in [1.165, 1.54) is 11.0 Å². The van der Waals surface area contributed by atoms with Crippen LogP contribution in [0.15, 0.2) is 24.3 Å². The van der Waals surface area contributed by atoms with Crippen LogP contribution in [0.1, 0.15) is 24.9 Å². The zero-order chi connectivity index (χ0) is 11.7. The SMILES string of the molecule is CC(c1ccccc1F)N1CC(O)CC1=O. The van der Waals surface area contributed by atoms with Crippen molar-refractivity contribution < 1.29 is 14.3 Å². The number of benzene rings is 1. The van der Waals surface area contributed by atoms with Gasteiger partial charge in [-0.3, -0.25) is 4.79 Å². The van der Waals surface area contributed by atoms with E-state index in [0.717, 1.165) is 0 Å². The second-order valence-electron chi connectivity index (χ2n) is 4.10. The van der Waals surface area contributed by atoms with E-state index in [1.54, 1.807) is 25.1 Å². The maximum absolute atomic E-state index is 13.5. The molecule has 2 unspecified atom stereocenters. The van der Waals surface area contributed by atoms with Crippen molar-refractivity contribution >= 4 is 5.91 Å². The molecule has 2 atom stereocenters. The molecule has 1 saturated heterocycles. The minimum absolute atomic E-state index is 0.122. The summed E-state index contributed by atoms with van der Waals surface area (Å²) in [5, 5.41) is 9.38. The molecule has 3 nitrogen and oxygen atoms in total. The Balaban J connectivity index is 2.23. The summed E-state index contributed by atoms with van der Waals surface area (Å²) in [6.45, 7) is 2.06. The summed E-state index contributed by atoms with van der Waals surface area (Å²) in [4.78, 5) is 13.1. The largest absolute Gasteiger partial charge is 0.391 e. The Bertz CT molecular complexity index is 408. The highest BCUT2D eigenvalue weighted by atomic mass is 19.1. The first kappa shape index (κ1) is 11.1. The van der Waals surface area contributed by atoms with Crippen molar-refractivity contribution in [1.29, 1.82) is 0 Å². The fourth-order valence-corrected chi connectivity index (χ4v) is 2.07. The first-order valence-electron chi connectivity index (χ1n) is 5.31. The predicted octanol–water partition coefficient (Wildman–Crippen LogP) is 1.48. The number of aliphatic hydroxyl groups excluding tert-OH is 1. The maximum atomic E-state index is 13.5. The van der Waals surface area contributed by atoms with Crippen LogP contribution in [0.3, 0.4) is 0 Å². The predicted molar refractivity (Wildman–Crippen MR) is 57.2 cm³/mol. The van der Waals surface area contributed by atoms with Crippen molar-refractivity contribution in [2.75, 3.05) is 6.54 Å². The number of aliphatic hydroxyl groups is 1. The molecule has 1 fully saturated rings. The maximum Gasteiger partial charge on any atom is 0.225 e. The second kappa shape index (κ2) is 4.22. The lowest BCUT2D eigenvalue weighted by Crippen LogP contribution is -2.29. The van der Waals surface area contributed by atoms with Crippen LogP contribution < -0.4 is 0 Å². The summed E-state index contributed by atoms with van der Waals surface area (Å²) in [5.41, 5.74) is 0.491. The minimum Gasteiger partial charge on any atom is -0.391 e. The topological polar surface area (TPSA) is 40.5 Å². The third-order valence-electron chi connectivity index (χ3n) is 2.96. The van der Waals surface area contributed by atoms with Crippen molar-refractivity contribution in [2.45, 2.75) is 25.5 Å². The Kier molecular flexibility index (Phi) is 2.92. The van der Waals surface area contributed by atoms with E-state index in [-0.39, 0.29) is 30.7 Å². The fraction of sp³-hybridized carbons (Fsp3) is 0.417. The van der Waals surface area contributed by atoms with E-state index in [4.69, 9.17) is 0 Å². The molecule has 1 heterocycles. The van der Waals surface area contributed by atoms with E-state index in [9.17, 15) is 14.3 Å². The van der Waals surface area contributed by atoms with Gasteiger partial charge in [-0.25, -0.2) is 4.39 Å². The van der Waals surface area contributed by atoms with Crippen LogP contribution >= 0.6 is 0 Å². The fourth-order valence-electron chi connectivity index (χ4n) is 2.07. The molecular formula is C12H14FNO2. The molecule has 4 heteroatoms. The number of β-amino-alcohol motifs (C(OH)–C–C–N with tert-alkyl or cyclic N) is 1. The van der Waals surface area contributed by atoms with Crippen LogP contribution in [0.25, 0.3) is 0 Å². The third kappa shape index (κ3) is 1.93. The lowest BCUT2D eigenvalue weighted by molar-refractivity contribution is -0.129. The quantitative estimate of drug-likeness (QED) is 0.825. The molecule has 16 heavy (non-hydrogen) atoms. The van der Waals surface area contributed by atoms with Gasteiger partial charge in [-0.1, -0.05) is 18.2 Å². The number of hydrogen-bond donors (Lipinski definition) is 1. The summed E-state index contributed by atoms with van der Waals surface area (Å²) >= 11 is 0. The Morgan fingerprint density at radius 3 is 2.75 bits per heavy atom. The van der Waals surface area contributed by atoms with E-state index in [1.807, 2.05) is 0 Å². The van der Waals surface area contributed by atoms with Gasteiger partial charge in [0.2, 0.25) is 5.91 Å². The van der Waals surface area contributed by atoms with Gasteiger partial charge >= 0.3 is 0 Å². The van der Waals surface area contributed by atoms with E-state index in [0.29, 0.717) is 5.56 Å². The zero-order valence-electron chi connectivity index (χ0n) is 9.06. The van der Waals surface area contributed by atoms with Gasteiger partial charge in [-0.15, -0.1) is 0 Å². The highest BCUT2D eigenvalue weighted by molar-refractivity contribution is 5.79. The molecule has 0 aliphatic carbocycles. The number of carbonyl (C=O) groups excluding carboxylic acids is 1. The normalized spacial score (nSPS) is 22.6. The monoisotopic (exact) mass is 223 g/mol. The number of hydrogen-bond acceptors (Lipinski definition) is 2. The van der Waals surface area contributed by atoms with Gasteiger partial charge in [0.25, 0.3) is 0 Å². The summed E-state index contributed by atoms with van der Waals surface area (Å²) in [7, 11) is 0. The smallest absolute Gasteiger partial charge is 0.225 e. The Labute approximate surface area is 93.5 Å². The number of carbonyl (C=O) groups is 1. The molecule has 2 rings (SSSR count). The highest BCUT2D eigenvalue weighted by Crippen LogP contribution is 2.27. The van der Waals surface area contributed by atoms with Crippen LogP contribution in [0, 0.1) is 5.82 Å². The van der Waals surface area contributed by atoms with E-state index < -0.39 is 6.10 Å². The van der Waals surface area contributed by atoms with Crippen LogP contribution in [0.4, 0.5) is 4.39 Å². The minimum atomic E-state index is -0.623. The number of halogens is 1. The zero-order valence-corrected chi connectivity index (χ0v) is 9.06. The molecule has 0 aromatic heterocycles. The molecule has 86 valence electrons. The highest BCUT2D eigenvalue weighted by Gasteiger charge is 2.32. The lowest BCUT2D eigenvalue weighted by Gasteiger charge is -2.24. The molecule has 0 spiro atoms. The Morgan fingerprint density at radius 1 is 1.50 bits per heavy atom. The second-order valence-corrected chi connectivity index (χ2v) is 4.10. The third-order valence-corrected chi connectivity index (χ3v) is 2.96. The number of likely N-dealkylation sites (tertiary alicyclic amines) is 1. The number of amides is 1. The molecule has 1 aliphatic rings. The van der Waals surface area contributed by atoms with Crippen molar-refractivity contribution in [1.82, 2.24) is 4.90 Å². The standard InChI is InChI=1S/C12H14FNO2/c1-8(10-4-2-3-5-11(10)13)14-7-9(15)6-12(14)16/h2-5,8-9,15H,6-7H2,1H3. The first-order valence-corrected chi connectivity index (χ1v) is 5.31. The lowest BCUT2D eigenvalue weighted by atomic mass is 10.1. The molecular weight excluding hydrogens is 209 g/mol. The Hall–Kier alpha value is -1.42. The van der Waals surface area contributed by atoms with Crippen LogP contribution in [-0.4, -0.2) is 28.6 Å². The van der Waals surface area contributed by atoms with Crippen molar-refractivity contribution in [3.8, 4) is 0 Å². The van der Waals surface area contributed by atoms with Crippen molar-refractivity contribution in [3.63, 3.8) is 0 Å². The van der Waals surface area contributed by atoms with Gasteiger partial charge in [0, 0.05) is 12.1 Å². The Morgan fingerprint density at radius 2 is 2.19 bits per heavy atom. The molecule has 0 radical (unpaired) electrons. The first-order chi connectivity index (χ1) is 7.59. The molecule has 1 aromatic carbocycles. The molecule has 1 aliphatic heterocycles.